The number of nitrogens with one attached hydrogen (secondary N) is 1. The fraction of sp³-hybridized carbons (Fsp3) is 0.130. The molecule has 10 heteroatoms. The van der Waals surface area contributed by atoms with E-state index in [0.29, 0.717) is 30.1 Å². The normalized spacial score (nSPS) is 13.2. The third kappa shape index (κ3) is 4.02. The molecule has 0 bridgehead atoms. The van der Waals surface area contributed by atoms with Crippen molar-refractivity contribution in [2.75, 3.05) is 22.5 Å². The highest BCUT2D eigenvalue weighted by Gasteiger charge is 2.31. The zero-order valence-electron chi connectivity index (χ0n) is 17.0. The molecular formula is C23H17F3N4O3. The quantitative estimate of drug-likeness (QED) is 0.422. The number of halogens is 3. The first-order valence-electron chi connectivity index (χ1n) is 10.00. The molecule has 1 aliphatic heterocycles. The van der Waals surface area contributed by atoms with E-state index < -0.39 is 6.36 Å². The van der Waals surface area contributed by atoms with Crippen molar-refractivity contribution in [3.8, 4) is 16.9 Å². The van der Waals surface area contributed by atoms with Crippen molar-refractivity contribution in [2.45, 2.75) is 12.8 Å². The van der Waals surface area contributed by atoms with Gasteiger partial charge in [-0.1, -0.05) is 23.4 Å². The zero-order chi connectivity index (χ0) is 23.2. The fourth-order valence-electron chi connectivity index (χ4n) is 3.97. The number of hydrogen-bond acceptors (Lipinski definition) is 5. The fourth-order valence-corrected chi connectivity index (χ4v) is 3.97. The van der Waals surface area contributed by atoms with Gasteiger partial charge in [-0.05, 0) is 65.6 Å². The molecular weight excluding hydrogens is 437 g/mol. The number of aromatic nitrogens is 1. The van der Waals surface area contributed by atoms with E-state index >= 15 is 0 Å². The zero-order valence-corrected chi connectivity index (χ0v) is 17.0. The number of hydrogen-bond donors (Lipinski definition) is 2. The summed E-state index contributed by atoms with van der Waals surface area (Å²) in [4.78, 5) is 14.4. The minimum atomic E-state index is -4.77. The van der Waals surface area contributed by atoms with Gasteiger partial charge in [0.2, 0.25) is 0 Å². The molecule has 0 saturated carbocycles. The number of nitrogens with zero attached hydrogens (tertiary/aromatic N) is 2. The summed E-state index contributed by atoms with van der Waals surface area (Å²) < 4.78 is 46.0. The first kappa shape index (κ1) is 20.7. The summed E-state index contributed by atoms with van der Waals surface area (Å²) in [5, 5.41) is 7.27. The van der Waals surface area contributed by atoms with Crippen LogP contribution in [0.2, 0.25) is 0 Å². The lowest BCUT2D eigenvalue weighted by molar-refractivity contribution is -0.274. The van der Waals surface area contributed by atoms with Crippen LogP contribution in [0, 0.1) is 0 Å². The predicted molar refractivity (Wildman–Crippen MR) is 117 cm³/mol. The van der Waals surface area contributed by atoms with Crippen LogP contribution in [0.3, 0.4) is 0 Å². The smallest absolute Gasteiger partial charge is 0.406 e. The number of carbonyl (C=O) groups excluding carboxylic acids is 1. The average molecular weight is 454 g/mol. The number of nitrogens with two attached hydrogens (primary N) is 1. The summed E-state index contributed by atoms with van der Waals surface area (Å²) in [7, 11) is 0. The van der Waals surface area contributed by atoms with E-state index in [1.54, 1.807) is 11.0 Å². The molecule has 5 rings (SSSR count). The minimum absolute atomic E-state index is 0.314. The number of nitrogen functional groups attached to an aromatic ring is 1. The number of amides is 2. The third-order valence-corrected chi connectivity index (χ3v) is 5.40. The lowest BCUT2D eigenvalue weighted by Crippen LogP contribution is -2.33. The molecule has 3 N–H and O–H groups in total. The van der Waals surface area contributed by atoms with Gasteiger partial charge in [0.05, 0.1) is 5.39 Å². The standard InChI is InChI=1S/C23H17F3N4O3/c24-23(25,26)32-16-7-5-15(6-8-16)28-22(31)30-11-10-14-12-13(4-9-18(14)30)17-2-1-3-19-20(17)21(27)29-33-19/h1-9,12H,10-11H2,(H2,27,29)(H,28,31). The lowest BCUT2D eigenvalue weighted by atomic mass is 9.99. The first-order chi connectivity index (χ1) is 15.8. The van der Waals surface area contributed by atoms with E-state index in [2.05, 4.69) is 15.2 Å². The predicted octanol–water partition coefficient (Wildman–Crippen LogP) is 5.57. The van der Waals surface area contributed by atoms with Crippen molar-refractivity contribution in [3.63, 3.8) is 0 Å². The van der Waals surface area contributed by atoms with Crippen LogP contribution in [0.25, 0.3) is 22.1 Å². The van der Waals surface area contributed by atoms with E-state index in [4.69, 9.17) is 10.3 Å². The van der Waals surface area contributed by atoms with Gasteiger partial charge in [-0.15, -0.1) is 13.2 Å². The summed E-state index contributed by atoms with van der Waals surface area (Å²) in [6, 6.07) is 16.0. The van der Waals surface area contributed by atoms with Crippen LogP contribution in [0.1, 0.15) is 5.56 Å². The van der Waals surface area contributed by atoms with Gasteiger partial charge in [0, 0.05) is 17.9 Å². The topological polar surface area (TPSA) is 93.6 Å². The van der Waals surface area contributed by atoms with Crippen LogP contribution in [-0.2, 0) is 6.42 Å². The number of benzene rings is 3. The van der Waals surface area contributed by atoms with Gasteiger partial charge in [0.25, 0.3) is 0 Å². The Morgan fingerprint density at radius 2 is 1.91 bits per heavy atom. The Kier molecular flexibility index (Phi) is 4.85. The van der Waals surface area contributed by atoms with E-state index in [1.807, 2.05) is 30.3 Å². The van der Waals surface area contributed by atoms with Gasteiger partial charge >= 0.3 is 12.4 Å². The minimum Gasteiger partial charge on any atom is -0.406 e. The molecule has 0 fully saturated rings. The SMILES string of the molecule is Nc1noc2cccc(-c3ccc4c(c3)CCN4C(=O)Nc3ccc(OC(F)(F)F)cc3)c12. The molecule has 0 atom stereocenters. The summed E-state index contributed by atoms with van der Waals surface area (Å²) in [6.07, 6.45) is -4.11. The molecule has 7 nitrogen and oxygen atoms in total. The third-order valence-electron chi connectivity index (χ3n) is 5.40. The Labute approximate surface area is 185 Å². The van der Waals surface area contributed by atoms with E-state index in [0.717, 1.165) is 39.9 Å². The maximum atomic E-state index is 12.8. The second-order valence-corrected chi connectivity index (χ2v) is 7.49. The highest BCUT2D eigenvalue weighted by atomic mass is 19.4. The van der Waals surface area contributed by atoms with Crippen molar-refractivity contribution < 1.29 is 27.2 Å². The van der Waals surface area contributed by atoms with Crippen molar-refractivity contribution in [3.05, 3.63) is 66.2 Å². The van der Waals surface area contributed by atoms with Crippen LogP contribution in [-0.4, -0.2) is 24.1 Å². The molecule has 2 amide bonds. The lowest BCUT2D eigenvalue weighted by Gasteiger charge is -2.19. The molecule has 1 aliphatic rings. The molecule has 0 aliphatic carbocycles. The van der Waals surface area contributed by atoms with Gasteiger partial charge < -0.3 is 20.3 Å². The second kappa shape index (κ2) is 7.73. The van der Waals surface area contributed by atoms with Crippen molar-refractivity contribution in [1.82, 2.24) is 5.16 Å². The summed E-state index contributed by atoms with van der Waals surface area (Å²) in [5.74, 6) is -0.0446. The van der Waals surface area contributed by atoms with Gasteiger partial charge in [0.1, 0.15) is 5.75 Å². The Morgan fingerprint density at radius 3 is 2.67 bits per heavy atom. The maximum Gasteiger partial charge on any atom is 0.573 e. The van der Waals surface area contributed by atoms with Gasteiger partial charge in [-0.2, -0.15) is 0 Å². The van der Waals surface area contributed by atoms with Crippen molar-refractivity contribution >= 4 is 34.2 Å². The Morgan fingerprint density at radius 1 is 1.12 bits per heavy atom. The Bertz CT molecular complexity index is 1350. The Balaban J connectivity index is 1.35. The highest BCUT2D eigenvalue weighted by Crippen LogP contribution is 2.37. The van der Waals surface area contributed by atoms with Crippen LogP contribution in [0.15, 0.2) is 65.2 Å². The molecule has 0 saturated heterocycles. The Hall–Kier alpha value is -4.21. The molecule has 4 aromatic rings. The second-order valence-electron chi connectivity index (χ2n) is 7.49. The molecule has 168 valence electrons. The van der Waals surface area contributed by atoms with Crippen LogP contribution < -0.4 is 20.7 Å². The molecule has 0 radical (unpaired) electrons. The number of ether oxygens (including phenoxy) is 1. The summed E-state index contributed by atoms with van der Waals surface area (Å²) >= 11 is 0. The van der Waals surface area contributed by atoms with Crippen LogP contribution in [0.4, 0.5) is 35.2 Å². The molecule has 0 unspecified atom stereocenters. The van der Waals surface area contributed by atoms with E-state index in [-0.39, 0.29) is 11.8 Å². The molecule has 3 aromatic carbocycles. The number of anilines is 3. The molecule has 33 heavy (non-hydrogen) atoms. The van der Waals surface area contributed by atoms with Gasteiger partial charge in [-0.25, -0.2) is 4.79 Å². The summed E-state index contributed by atoms with van der Waals surface area (Å²) in [5.41, 5.74) is 10.5. The maximum absolute atomic E-state index is 12.8. The van der Waals surface area contributed by atoms with Crippen LogP contribution in [0.5, 0.6) is 5.75 Å². The van der Waals surface area contributed by atoms with Crippen molar-refractivity contribution in [2.24, 2.45) is 0 Å². The van der Waals surface area contributed by atoms with E-state index in [1.165, 1.54) is 12.1 Å². The number of carbonyl (C=O) groups is 1. The van der Waals surface area contributed by atoms with Crippen molar-refractivity contribution in [1.29, 1.82) is 0 Å². The van der Waals surface area contributed by atoms with E-state index in [9.17, 15) is 18.0 Å². The van der Waals surface area contributed by atoms with Gasteiger partial charge in [0.15, 0.2) is 11.4 Å². The summed E-state index contributed by atoms with van der Waals surface area (Å²) in [6.45, 7) is 0.472. The van der Waals surface area contributed by atoms with Crippen LogP contribution >= 0.6 is 0 Å². The number of rotatable bonds is 3. The van der Waals surface area contributed by atoms with Gasteiger partial charge in [-0.3, -0.25) is 4.90 Å². The number of fused-ring (bicyclic) bond motifs is 2. The number of alkyl halides is 3. The molecule has 0 spiro atoms. The monoisotopic (exact) mass is 454 g/mol. The number of urea groups is 1. The molecule has 1 aromatic heterocycles. The average Bonchev–Trinajstić information content (AvgIpc) is 3.37. The molecule has 2 heterocycles. The first-order valence-corrected chi connectivity index (χ1v) is 10.00. The largest absolute Gasteiger partial charge is 0.573 e. The highest BCUT2D eigenvalue weighted by molar-refractivity contribution is 6.04.